The van der Waals surface area contributed by atoms with E-state index in [1.54, 1.807) is 4.90 Å². The van der Waals surface area contributed by atoms with Gasteiger partial charge in [-0.25, -0.2) is 4.79 Å². The number of rotatable bonds is 2. The first kappa shape index (κ1) is 18.1. The smallest absolute Gasteiger partial charge is 0.410 e. The van der Waals surface area contributed by atoms with Crippen LogP contribution >= 0.6 is 11.6 Å². The van der Waals surface area contributed by atoms with Crippen LogP contribution in [0.5, 0.6) is 0 Å². The molecule has 2 amide bonds. The minimum absolute atomic E-state index is 0.0505. The van der Waals surface area contributed by atoms with E-state index in [1.807, 2.05) is 26.8 Å². The minimum atomic E-state index is -0.538. The van der Waals surface area contributed by atoms with Gasteiger partial charge in [0.1, 0.15) is 5.60 Å². The fourth-order valence-corrected chi connectivity index (χ4v) is 3.97. The zero-order valence-corrected chi connectivity index (χ0v) is 15.9. The Morgan fingerprint density at radius 1 is 1.36 bits per heavy atom. The van der Waals surface area contributed by atoms with E-state index in [-0.39, 0.29) is 24.0 Å². The largest absolute Gasteiger partial charge is 0.444 e. The summed E-state index contributed by atoms with van der Waals surface area (Å²) < 4.78 is 5.48. The topological polar surface area (TPSA) is 58.6 Å². The number of nitrogens with zero attached hydrogens (tertiary/aromatic N) is 1. The summed E-state index contributed by atoms with van der Waals surface area (Å²) in [4.78, 5) is 26.6. The molecule has 3 rings (SSSR count). The van der Waals surface area contributed by atoms with E-state index in [0.29, 0.717) is 23.7 Å². The number of carbonyl (C=O) groups excluding carboxylic acids is 2. The zero-order valence-electron chi connectivity index (χ0n) is 15.2. The van der Waals surface area contributed by atoms with Crippen molar-refractivity contribution in [3.05, 3.63) is 33.8 Å². The van der Waals surface area contributed by atoms with E-state index in [2.05, 4.69) is 18.3 Å². The van der Waals surface area contributed by atoms with Gasteiger partial charge in [0.15, 0.2) is 0 Å². The average Bonchev–Trinajstić information content (AvgIpc) is 2.89. The number of ether oxygens (including phenoxy) is 1. The SMILES string of the molecule is CCCc1cc(Cl)c2c(c1)[C@@H]1CN(C(=O)OC(C)(C)C)C[C@H]1NC2=O. The second kappa shape index (κ2) is 6.52. The van der Waals surface area contributed by atoms with Crippen LogP contribution in [0.15, 0.2) is 12.1 Å². The molecule has 0 aromatic heterocycles. The summed E-state index contributed by atoms with van der Waals surface area (Å²) in [7, 11) is 0. The van der Waals surface area contributed by atoms with Crippen molar-refractivity contribution in [1.82, 2.24) is 10.2 Å². The zero-order chi connectivity index (χ0) is 18.4. The fraction of sp³-hybridized carbons (Fsp3) is 0.579. The molecule has 25 heavy (non-hydrogen) atoms. The summed E-state index contributed by atoms with van der Waals surface area (Å²) in [5.74, 6) is -0.107. The normalized spacial score (nSPS) is 22.3. The lowest BCUT2D eigenvalue weighted by atomic mass is 9.85. The third-order valence-corrected chi connectivity index (χ3v) is 4.93. The number of fused-ring (bicyclic) bond motifs is 3. The summed E-state index contributed by atoms with van der Waals surface area (Å²) in [5, 5.41) is 3.49. The highest BCUT2D eigenvalue weighted by molar-refractivity contribution is 6.34. The molecule has 2 aliphatic heterocycles. The van der Waals surface area contributed by atoms with E-state index in [4.69, 9.17) is 16.3 Å². The summed E-state index contributed by atoms with van der Waals surface area (Å²) >= 11 is 6.39. The molecule has 1 fully saturated rings. The highest BCUT2D eigenvalue weighted by Gasteiger charge is 2.43. The molecule has 136 valence electrons. The molecule has 0 bridgehead atoms. The monoisotopic (exact) mass is 364 g/mol. The molecule has 2 atom stereocenters. The molecule has 0 aliphatic carbocycles. The van der Waals surface area contributed by atoms with Crippen LogP contribution in [0, 0.1) is 0 Å². The van der Waals surface area contributed by atoms with Crippen molar-refractivity contribution in [2.75, 3.05) is 13.1 Å². The number of hydrogen-bond acceptors (Lipinski definition) is 3. The first-order valence-electron chi connectivity index (χ1n) is 8.80. The fourth-order valence-electron chi connectivity index (χ4n) is 3.63. The Morgan fingerprint density at radius 2 is 2.08 bits per heavy atom. The van der Waals surface area contributed by atoms with E-state index >= 15 is 0 Å². The quantitative estimate of drug-likeness (QED) is 0.869. The Morgan fingerprint density at radius 3 is 2.72 bits per heavy atom. The summed E-state index contributed by atoms with van der Waals surface area (Å²) in [5.41, 5.74) is 2.10. The van der Waals surface area contributed by atoms with Crippen molar-refractivity contribution >= 4 is 23.6 Å². The third kappa shape index (κ3) is 3.61. The second-order valence-corrected chi connectivity index (χ2v) is 8.27. The molecule has 1 N–H and O–H groups in total. The van der Waals surface area contributed by atoms with Crippen molar-refractivity contribution in [1.29, 1.82) is 0 Å². The van der Waals surface area contributed by atoms with Crippen molar-refractivity contribution in [2.45, 2.75) is 58.1 Å². The van der Waals surface area contributed by atoms with Crippen molar-refractivity contribution < 1.29 is 14.3 Å². The van der Waals surface area contributed by atoms with E-state index in [9.17, 15) is 9.59 Å². The van der Waals surface area contributed by atoms with Crippen LogP contribution in [0.4, 0.5) is 4.79 Å². The van der Waals surface area contributed by atoms with Gasteiger partial charge in [0.2, 0.25) is 0 Å². The first-order chi connectivity index (χ1) is 11.7. The standard InChI is InChI=1S/C19H25ClN2O3/c1-5-6-11-7-12-13-9-22(18(24)25-19(2,3)4)10-15(13)21-17(23)16(12)14(20)8-11/h7-8,13,15H,5-6,9-10H2,1-4H3,(H,21,23)/t13-,15+/m0/s1. The second-order valence-electron chi connectivity index (χ2n) is 7.86. The maximum absolute atomic E-state index is 12.5. The van der Waals surface area contributed by atoms with Gasteiger partial charge in [-0.1, -0.05) is 31.0 Å². The number of aryl methyl sites for hydroxylation is 1. The molecule has 0 spiro atoms. The highest BCUT2D eigenvalue weighted by Crippen LogP contribution is 2.38. The molecule has 0 saturated carbocycles. The van der Waals surface area contributed by atoms with Crippen molar-refractivity contribution in [2.24, 2.45) is 0 Å². The summed E-state index contributed by atoms with van der Waals surface area (Å²) in [6.07, 6.45) is 1.59. The average molecular weight is 365 g/mol. The lowest BCUT2D eigenvalue weighted by Gasteiger charge is -2.29. The molecule has 5 nitrogen and oxygen atoms in total. The van der Waals surface area contributed by atoms with Gasteiger partial charge >= 0.3 is 6.09 Å². The number of amides is 2. The summed E-state index contributed by atoms with van der Waals surface area (Å²) in [6.45, 7) is 8.65. The number of hydrogen-bond donors (Lipinski definition) is 1. The maximum atomic E-state index is 12.5. The Kier molecular flexibility index (Phi) is 4.71. The minimum Gasteiger partial charge on any atom is -0.444 e. The van der Waals surface area contributed by atoms with Crippen LogP contribution in [0.25, 0.3) is 0 Å². The van der Waals surface area contributed by atoms with E-state index in [0.717, 1.165) is 24.0 Å². The van der Waals surface area contributed by atoms with Crippen LogP contribution in [0.3, 0.4) is 0 Å². The number of benzene rings is 1. The highest BCUT2D eigenvalue weighted by atomic mass is 35.5. The molecule has 1 aromatic carbocycles. The van der Waals surface area contributed by atoms with Crippen LogP contribution in [0.2, 0.25) is 5.02 Å². The number of halogens is 1. The van der Waals surface area contributed by atoms with Gasteiger partial charge in [0.25, 0.3) is 5.91 Å². The van der Waals surface area contributed by atoms with Gasteiger partial charge in [-0.3, -0.25) is 4.79 Å². The van der Waals surface area contributed by atoms with Gasteiger partial charge in [0.05, 0.1) is 16.6 Å². The van der Waals surface area contributed by atoms with Crippen molar-refractivity contribution in [3.63, 3.8) is 0 Å². The molecule has 2 aliphatic rings. The first-order valence-corrected chi connectivity index (χ1v) is 9.18. The Balaban J connectivity index is 1.89. The maximum Gasteiger partial charge on any atom is 0.410 e. The van der Waals surface area contributed by atoms with Gasteiger partial charge in [-0.15, -0.1) is 0 Å². The van der Waals surface area contributed by atoms with Gasteiger partial charge in [-0.2, -0.15) is 0 Å². The molecule has 2 heterocycles. The molecule has 1 saturated heterocycles. The Bertz CT molecular complexity index is 711. The molecule has 6 heteroatoms. The predicted octanol–water partition coefficient (Wildman–Crippen LogP) is 3.74. The molecule has 0 radical (unpaired) electrons. The number of nitrogens with one attached hydrogen (secondary N) is 1. The molecular weight excluding hydrogens is 340 g/mol. The van der Waals surface area contributed by atoms with Crippen LogP contribution in [0.1, 0.15) is 61.5 Å². The molecule has 1 aromatic rings. The van der Waals surface area contributed by atoms with Gasteiger partial charge in [-0.05, 0) is 44.4 Å². The predicted molar refractivity (Wildman–Crippen MR) is 97.2 cm³/mol. The Hall–Kier alpha value is -1.75. The van der Waals surface area contributed by atoms with Crippen molar-refractivity contribution in [3.8, 4) is 0 Å². The third-order valence-electron chi connectivity index (χ3n) is 4.63. The van der Waals surface area contributed by atoms with Gasteiger partial charge in [0, 0.05) is 19.0 Å². The van der Waals surface area contributed by atoms with E-state index < -0.39 is 5.60 Å². The van der Waals surface area contributed by atoms with Crippen LogP contribution in [-0.4, -0.2) is 41.6 Å². The Labute approximate surface area is 153 Å². The van der Waals surface area contributed by atoms with E-state index in [1.165, 1.54) is 0 Å². The summed E-state index contributed by atoms with van der Waals surface area (Å²) in [6, 6.07) is 3.87. The number of likely N-dealkylation sites (tertiary alicyclic amines) is 1. The molecular formula is C19H25ClN2O3. The lowest BCUT2D eigenvalue weighted by molar-refractivity contribution is 0.0288. The van der Waals surface area contributed by atoms with Gasteiger partial charge < -0.3 is 15.0 Å². The molecule has 0 unspecified atom stereocenters. The lowest BCUT2D eigenvalue weighted by Crippen LogP contribution is -2.45. The number of carbonyl (C=O) groups is 2. The van der Waals surface area contributed by atoms with Crippen LogP contribution < -0.4 is 5.32 Å². The van der Waals surface area contributed by atoms with Crippen LogP contribution in [-0.2, 0) is 11.2 Å².